The molecule has 0 spiro atoms. The molecule has 4 rings (SSSR count). The molecule has 0 saturated carbocycles. The molecule has 182 valence electrons. The molecule has 12 heteroatoms. The predicted molar refractivity (Wildman–Crippen MR) is 133 cm³/mol. The van der Waals surface area contributed by atoms with Crippen molar-refractivity contribution in [1.29, 1.82) is 0 Å². The highest BCUT2D eigenvalue weighted by Gasteiger charge is 2.23. The number of carbonyl (C=O) groups excluding carboxylic acids is 1. The Morgan fingerprint density at radius 2 is 1.89 bits per heavy atom. The lowest BCUT2D eigenvalue weighted by atomic mass is 10.1. The van der Waals surface area contributed by atoms with Gasteiger partial charge in [0.15, 0.2) is 11.5 Å². The van der Waals surface area contributed by atoms with E-state index in [4.69, 9.17) is 0 Å². The van der Waals surface area contributed by atoms with E-state index in [0.29, 0.717) is 29.8 Å². The molecule has 3 N–H and O–H groups in total. The van der Waals surface area contributed by atoms with E-state index >= 15 is 0 Å². The zero-order chi connectivity index (χ0) is 25.2. The van der Waals surface area contributed by atoms with Crippen molar-refractivity contribution in [3.05, 3.63) is 81.7 Å². The van der Waals surface area contributed by atoms with Crippen LogP contribution in [0.5, 0.6) is 0 Å². The van der Waals surface area contributed by atoms with Gasteiger partial charge in [-0.2, -0.15) is 0 Å². The Balaban J connectivity index is 1.55. The number of hydrogen-bond donors (Lipinski definition) is 3. The number of halogens is 3. The molecule has 0 bridgehead atoms. The molecule has 8 nitrogen and oxygen atoms in total. The fraction of sp³-hybridized carbons (Fsp3) is 0.174. The molecule has 35 heavy (non-hydrogen) atoms. The molecule has 0 aliphatic heterocycles. The van der Waals surface area contributed by atoms with Crippen LogP contribution < -0.4 is 10.0 Å². The number of sulfonamides is 1. The van der Waals surface area contributed by atoms with E-state index in [0.717, 1.165) is 22.2 Å². The lowest BCUT2D eigenvalue weighted by Crippen LogP contribution is -2.20. The molecule has 0 radical (unpaired) electrons. The summed E-state index contributed by atoms with van der Waals surface area (Å²) in [7, 11) is -3.84. The standard InChI is InChI=1S/C23H20BrF2N5O3S/c1-2-9-35(33,34)31-17-8-7-16(25)20(21(17)26)23(32)28-15-11-18-22(27-12-15)30-19(29-18)10-13-3-5-14(24)6-4-13/h3-8,11-12,31H,2,9-10H2,1H3,(H,28,32)(H,27,29,30). The van der Waals surface area contributed by atoms with Gasteiger partial charge in [-0.3, -0.25) is 9.52 Å². The molecular formula is C23H20BrF2N5O3S. The van der Waals surface area contributed by atoms with Crippen LogP contribution in [0.4, 0.5) is 20.2 Å². The number of aromatic nitrogens is 3. The van der Waals surface area contributed by atoms with Gasteiger partial charge >= 0.3 is 0 Å². The Kier molecular flexibility index (Phi) is 7.13. The second-order valence-corrected chi connectivity index (χ2v) is 10.5. The third kappa shape index (κ3) is 5.82. The smallest absolute Gasteiger partial charge is 0.261 e. The average Bonchev–Trinajstić information content (AvgIpc) is 3.19. The molecule has 0 aliphatic rings. The van der Waals surface area contributed by atoms with Crippen molar-refractivity contribution in [2.24, 2.45) is 0 Å². The summed E-state index contributed by atoms with van der Waals surface area (Å²) in [5.41, 5.74) is 0.724. The first-order valence-electron chi connectivity index (χ1n) is 10.5. The van der Waals surface area contributed by atoms with Gasteiger partial charge in [0, 0.05) is 10.9 Å². The Hall–Kier alpha value is -3.38. The first-order chi connectivity index (χ1) is 16.6. The largest absolute Gasteiger partial charge is 0.340 e. The van der Waals surface area contributed by atoms with Gasteiger partial charge in [-0.05, 0) is 42.3 Å². The maximum absolute atomic E-state index is 14.9. The number of pyridine rings is 1. The van der Waals surface area contributed by atoms with Crippen LogP contribution in [0, 0.1) is 11.6 Å². The van der Waals surface area contributed by atoms with Gasteiger partial charge < -0.3 is 10.3 Å². The quantitative estimate of drug-likeness (QED) is 0.279. The lowest BCUT2D eigenvalue weighted by Gasteiger charge is -2.12. The summed E-state index contributed by atoms with van der Waals surface area (Å²) in [5.74, 6) is -3.12. The van der Waals surface area contributed by atoms with Gasteiger partial charge in [0.05, 0.1) is 28.8 Å². The zero-order valence-corrected chi connectivity index (χ0v) is 20.8. The number of carbonyl (C=O) groups is 1. The lowest BCUT2D eigenvalue weighted by molar-refractivity contribution is 0.101. The first-order valence-corrected chi connectivity index (χ1v) is 13.0. The van der Waals surface area contributed by atoms with Crippen molar-refractivity contribution >= 4 is 54.4 Å². The minimum absolute atomic E-state index is 0.178. The van der Waals surface area contributed by atoms with E-state index in [-0.39, 0.29) is 11.4 Å². The van der Waals surface area contributed by atoms with Gasteiger partial charge in [-0.15, -0.1) is 0 Å². The molecular weight excluding hydrogens is 544 g/mol. The van der Waals surface area contributed by atoms with Gasteiger partial charge in [0.1, 0.15) is 17.2 Å². The summed E-state index contributed by atoms with van der Waals surface area (Å²) in [5, 5.41) is 2.40. The average molecular weight is 564 g/mol. The van der Waals surface area contributed by atoms with Gasteiger partial charge in [-0.25, -0.2) is 27.2 Å². The normalized spacial score (nSPS) is 11.5. The van der Waals surface area contributed by atoms with E-state index in [2.05, 4.69) is 36.2 Å². The minimum Gasteiger partial charge on any atom is -0.340 e. The fourth-order valence-corrected chi connectivity index (χ4v) is 4.81. The topological polar surface area (TPSA) is 117 Å². The van der Waals surface area contributed by atoms with Crippen molar-refractivity contribution in [2.75, 3.05) is 15.8 Å². The first kappa shape index (κ1) is 24.7. The number of rotatable bonds is 8. The maximum atomic E-state index is 14.9. The SMILES string of the molecule is CCCS(=O)(=O)Nc1ccc(F)c(C(=O)Nc2cnc3nc(Cc4ccc(Br)cc4)[nH]c3c2)c1F. The monoisotopic (exact) mass is 563 g/mol. The van der Waals surface area contributed by atoms with Crippen molar-refractivity contribution in [3.8, 4) is 0 Å². The minimum atomic E-state index is -3.84. The van der Waals surface area contributed by atoms with Crippen LogP contribution in [0.15, 0.2) is 53.1 Å². The number of benzene rings is 2. The highest BCUT2D eigenvalue weighted by molar-refractivity contribution is 9.10. The number of aromatic amines is 1. The van der Waals surface area contributed by atoms with Crippen LogP contribution in [0.25, 0.3) is 11.2 Å². The summed E-state index contributed by atoms with van der Waals surface area (Å²) in [4.78, 5) is 24.4. The molecule has 0 atom stereocenters. The van der Waals surface area contributed by atoms with Crippen LogP contribution >= 0.6 is 15.9 Å². The predicted octanol–water partition coefficient (Wildman–Crippen LogP) is 4.99. The van der Waals surface area contributed by atoms with Gasteiger partial charge in [-0.1, -0.05) is 35.0 Å². The summed E-state index contributed by atoms with van der Waals surface area (Å²) in [6.45, 7) is 1.65. The van der Waals surface area contributed by atoms with E-state index in [1.807, 2.05) is 29.0 Å². The number of nitrogens with one attached hydrogen (secondary N) is 3. The summed E-state index contributed by atoms with van der Waals surface area (Å²) < 4.78 is 56.2. The number of H-pyrrole nitrogens is 1. The van der Waals surface area contributed by atoms with Crippen molar-refractivity contribution in [3.63, 3.8) is 0 Å². The van der Waals surface area contributed by atoms with E-state index in [1.165, 1.54) is 6.20 Å². The van der Waals surface area contributed by atoms with Gasteiger partial charge in [0.25, 0.3) is 5.91 Å². The van der Waals surface area contributed by atoms with Crippen molar-refractivity contribution in [1.82, 2.24) is 15.0 Å². The molecule has 2 heterocycles. The van der Waals surface area contributed by atoms with E-state index in [1.54, 1.807) is 13.0 Å². The summed E-state index contributed by atoms with van der Waals surface area (Å²) >= 11 is 3.39. The second-order valence-electron chi connectivity index (χ2n) is 7.74. The molecule has 4 aromatic rings. The second kappa shape index (κ2) is 10.1. The van der Waals surface area contributed by atoms with Crippen LogP contribution in [0.1, 0.15) is 35.1 Å². The molecule has 0 unspecified atom stereocenters. The van der Waals surface area contributed by atoms with Crippen LogP contribution in [0.3, 0.4) is 0 Å². The van der Waals surface area contributed by atoms with E-state index in [9.17, 15) is 22.0 Å². The zero-order valence-electron chi connectivity index (χ0n) is 18.4. The van der Waals surface area contributed by atoms with Crippen molar-refractivity contribution < 1.29 is 22.0 Å². The third-order valence-electron chi connectivity index (χ3n) is 4.99. The number of anilines is 2. The number of imidazole rings is 1. The Morgan fingerprint density at radius 3 is 2.60 bits per heavy atom. The molecule has 2 aromatic carbocycles. The number of hydrogen-bond acceptors (Lipinski definition) is 5. The fourth-order valence-electron chi connectivity index (χ4n) is 3.42. The van der Waals surface area contributed by atoms with Crippen LogP contribution in [-0.4, -0.2) is 35.0 Å². The highest BCUT2D eigenvalue weighted by Crippen LogP contribution is 2.24. The Labute approximate surface area is 208 Å². The third-order valence-corrected chi connectivity index (χ3v) is 6.99. The Morgan fingerprint density at radius 1 is 1.14 bits per heavy atom. The van der Waals surface area contributed by atoms with Crippen LogP contribution in [-0.2, 0) is 16.4 Å². The van der Waals surface area contributed by atoms with Gasteiger partial charge in [0.2, 0.25) is 10.0 Å². The molecule has 2 aromatic heterocycles. The molecule has 0 fully saturated rings. The highest BCUT2D eigenvalue weighted by atomic mass is 79.9. The molecule has 1 amide bonds. The molecule has 0 aliphatic carbocycles. The number of fused-ring (bicyclic) bond motifs is 1. The number of nitrogens with zero attached hydrogens (tertiary/aromatic N) is 2. The maximum Gasteiger partial charge on any atom is 0.261 e. The Bertz CT molecular complexity index is 1510. The van der Waals surface area contributed by atoms with Crippen molar-refractivity contribution in [2.45, 2.75) is 19.8 Å². The van der Waals surface area contributed by atoms with E-state index < -0.39 is 38.8 Å². The summed E-state index contributed by atoms with van der Waals surface area (Å²) in [6, 6.07) is 11.1. The summed E-state index contributed by atoms with van der Waals surface area (Å²) in [6.07, 6.45) is 2.15. The van der Waals surface area contributed by atoms with Crippen LogP contribution in [0.2, 0.25) is 0 Å². The number of amides is 1. The molecule has 0 saturated heterocycles.